The molecule has 0 radical (unpaired) electrons. The third-order valence-electron chi connectivity index (χ3n) is 2.95. The van der Waals surface area contributed by atoms with Crippen molar-refractivity contribution in [3.05, 3.63) is 18.0 Å². The molecular weight excluding hydrogens is 248 g/mol. The first kappa shape index (κ1) is 12.8. The molecule has 2 rings (SSSR count). The Morgan fingerprint density at radius 3 is 2.89 bits per heavy atom. The summed E-state index contributed by atoms with van der Waals surface area (Å²) in [7, 11) is 0. The van der Waals surface area contributed by atoms with E-state index in [0.717, 1.165) is 12.8 Å². The lowest BCUT2D eigenvalue weighted by molar-refractivity contribution is 0.0697. The van der Waals surface area contributed by atoms with E-state index in [1.807, 2.05) is 6.26 Å². The summed E-state index contributed by atoms with van der Waals surface area (Å²) in [4.78, 5) is 22.1. The number of amides is 1. The van der Waals surface area contributed by atoms with Crippen molar-refractivity contribution < 1.29 is 4.79 Å². The molecule has 18 heavy (non-hydrogen) atoms. The van der Waals surface area contributed by atoms with Gasteiger partial charge < -0.3 is 4.90 Å². The number of nitrogens with zero attached hydrogens (tertiary/aromatic N) is 4. The maximum Gasteiger partial charge on any atom is 0.257 e. The Morgan fingerprint density at radius 2 is 2.28 bits per heavy atom. The van der Waals surface area contributed by atoms with Crippen molar-refractivity contribution in [3.63, 3.8) is 0 Å². The molecule has 0 saturated carbocycles. The number of aromatic nitrogens is 2. The van der Waals surface area contributed by atoms with Crippen LogP contribution < -0.4 is 0 Å². The second kappa shape index (κ2) is 5.83. The Bertz CT molecular complexity index is 468. The first-order valence-corrected chi connectivity index (χ1v) is 7.02. The van der Waals surface area contributed by atoms with Crippen LogP contribution in [0.15, 0.2) is 17.6 Å². The van der Waals surface area contributed by atoms with Crippen molar-refractivity contribution in [3.8, 4) is 6.07 Å². The average molecular weight is 262 g/mol. The first-order valence-electron chi connectivity index (χ1n) is 5.79. The largest absolute Gasteiger partial charge is 0.337 e. The van der Waals surface area contributed by atoms with Crippen LogP contribution in [-0.2, 0) is 0 Å². The number of hydrogen-bond donors (Lipinski definition) is 0. The maximum absolute atomic E-state index is 12.2. The monoisotopic (exact) mass is 262 g/mol. The summed E-state index contributed by atoms with van der Waals surface area (Å²) in [6, 6.07) is 2.23. The zero-order valence-electron chi connectivity index (χ0n) is 10.2. The fourth-order valence-electron chi connectivity index (χ4n) is 1.98. The van der Waals surface area contributed by atoms with Crippen LogP contribution >= 0.6 is 11.8 Å². The molecule has 1 aliphatic rings. The minimum Gasteiger partial charge on any atom is -0.337 e. The van der Waals surface area contributed by atoms with E-state index in [9.17, 15) is 4.79 Å². The molecule has 1 aromatic heterocycles. The molecule has 0 spiro atoms. The van der Waals surface area contributed by atoms with Gasteiger partial charge in [0.2, 0.25) is 0 Å². The van der Waals surface area contributed by atoms with Crippen molar-refractivity contribution in [2.75, 3.05) is 19.3 Å². The van der Waals surface area contributed by atoms with E-state index in [4.69, 9.17) is 5.26 Å². The van der Waals surface area contributed by atoms with E-state index in [1.54, 1.807) is 17.3 Å². The summed E-state index contributed by atoms with van der Waals surface area (Å²) < 4.78 is 0. The van der Waals surface area contributed by atoms with Crippen LogP contribution in [0, 0.1) is 17.2 Å². The molecule has 1 aromatic rings. The SMILES string of the molecule is CSc1ncc(C(=O)N2CCC[C@@H](C#N)C2)cn1. The van der Waals surface area contributed by atoms with Gasteiger partial charge in [0.05, 0.1) is 17.6 Å². The van der Waals surface area contributed by atoms with Crippen LogP contribution in [0.3, 0.4) is 0 Å². The number of hydrogen-bond acceptors (Lipinski definition) is 5. The average Bonchev–Trinajstić information content (AvgIpc) is 2.46. The quantitative estimate of drug-likeness (QED) is 0.597. The molecule has 0 unspecified atom stereocenters. The molecule has 0 N–H and O–H groups in total. The van der Waals surface area contributed by atoms with Crippen LogP contribution in [0.4, 0.5) is 0 Å². The van der Waals surface area contributed by atoms with Crippen LogP contribution in [0.1, 0.15) is 23.2 Å². The molecule has 1 saturated heterocycles. The molecule has 94 valence electrons. The Balaban J connectivity index is 2.08. The third kappa shape index (κ3) is 2.79. The maximum atomic E-state index is 12.2. The lowest BCUT2D eigenvalue weighted by atomic mass is 9.99. The fraction of sp³-hybridized carbons (Fsp3) is 0.500. The van der Waals surface area contributed by atoms with Crippen molar-refractivity contribution >= 4 is 17.7 Å². The lowest BCUT2D eigenvalue weighted by Gasteiger charge is -2.29. The van der Waals surface area contributed by atoms with Gasteiger partial charge in [0.1, 0.15) is 0 Å². The smallest absolute Gasteiger partial charge is 0.257 e. The molecule has 1 atom stereocenters. The van der Waals surface area contributed by atoms with Gasteiger partial charge >= 0.3 is 0 Å². The highest BCUT2D eigenvalue weighted by molar-refractivity contribution is 7.98. The summed E-state index contributed by atoms with van der Waals surface area (Å²) in [5.74, 6) is -0.128. The number of piperidine rings is 1. The minimum absolute atomic E-state index is 0.0471. The second-order valence-corrected chi connectivity index (χ2v) is 4.95. The predicted molar refractivity (Wildman–Crippen MR) is 68.1 cm³/mol. The number of carbonyl (C=O) groups is 1. The van der Waals surface area contributed by atoms with Crippen LogP contribution in [0.2, 0.25) is 0 Å². The zero-order chi connectivity index (χ0) is 13.0. The van der Waals surface area contributed by atoms with Crippen LogP contribution in [0.25, 0.3) is 0 Å². The topological polar surface area (TPSA) is 69.9 Å². The molecule has 0 bridgehead atoms. The highest BCUT2D eigenvalue weighted by atomic mass is 32.2. The molecule has 0 aromatic carbocycles. The van der Waals surface area contributed by atoms with Crippen molar-refractivity contribution in [2.45, 2.75) is 18.0 Å². The van der Waals surface area contributed by atoms with Gasteiger partial charge in [0.25, 0.3) is 5.91 Å². The van der Waals surface area contributed by atoms with Crippen LogP contribution in [0.5, 0.6) is 0 Å². The molecule has 1 aliphatic heterocycles. The normalized spacial score (nSPS) is 19.3. The summed E-state index contributed by atoms with van der Waals surface area (Å²) in [5.41, 5.74) is 0.492. The molecule has 6 heteroatoms. The van der Waals surface area contributed by atoms with Crippen molar-refractivity contribution in [1.82, 2.24) is 14.9 Å². The number of thioether (sulfide) groups is 1. The van der Waals surface area contributed by atoms with Gasteiger partial charge in [-0.05, 0) is 19.1 Å². The molecule has 5 nitrogen and oxygen atoms in total. The highest BCUT2D eigenvalue weighted by Crippen LogP contribution is 2.18. The third-order valence-corrected chi connectivity index (χ3v) is 3.52. The first-order chi connectivity index (χ1) is 8.74. The van der Waals surface area contributed by atoms with Gasteiger partial charge in [0.15, 0.2) is 5.16 Å². The summed E-state index contributed by atoms with van der Waals surface area (Å²) in [6.07, 6.45) is 6.75. The van der Waals surface area contributed by atoms with E-state index < -0.39 is 0 Å². The Kier molecular flexibility index (Phi) is 4.15. The van der Waals surface area contributed by atoms with Gasteiger partial charge in [-0.25, -0.2) is 9.97 Å². The van der Waals surface area contributed by atoms with E-state index in [-0.39, 0.29) is 11.8 Å². The molecular formula is C12H14N4OS. The van der Waals surface area contributed by atoms with E-state index >= 15 is 0 Å². The van der Waals surface area contributed by atoms with Crippen LogP contribution in [-0.4, -0.2) is 40.1 Å². The summed E-state index contributed by atoms with van der Waals surface area (Å²) >= 11 is 1.44. The molecule has 1 fully saturated rings. The van der Waals surface area contributed by atoms with Gasteiger partial charge in [-0.15, -0.1) is 0 Å². The van der Waals surface area contributed by atoms with E-state index in [0.29, 0.717) is 23.8 Å². The Morgan fingerprint density at radius 1 is 1.56 bits per heavy atom. The van der Waals surface area contributed by atoms with Crippen molar-refractivity contribution in [1.29, 1.82) is 5.26 Å². The van der Waals surface area contributed by atoms with E-state index in [1.165, 1.54) is 11.8 Å². The standard InChI is InChI=1S/C12H14N4OS/c1-18-12-14-6-10(7-15-12)11(17)16-4-2-3-9(5-13)8-16/h6-7,9H,2-4,8H2,1H3/t9-/m0/s1. The van der Waals surface area contributed by atoms with E-state index in [2.05, 4.69) is 16.0 Å². The highest BCUT2D eigenvalue weighted by Gasteiger charge is 2.24. The molecule has 2 heterocycles. The second-order valence-electron chi connectivity index (χ2n) is 4.18. The zero-order valence-corrected chi connectivity index (χ0v) is 11.0. The van der Waals surface area contributed by atoms with Crippen molar-refractivity contribution in [2.24, 2.45) is 5.92 Å². The number of carbonyl (C=O) groups excluding carboxylic acids is 1. The minimum atomic E-state index is -0.0809. The molecule has 1 amide bonds. The summed E-state index contributed by atoms with van der Waals surface area (Å²) in [5, 5.41) is 9.57. The van der Waals surface area contributed by atoms with Gasteiger partial charge in [-0.1, -0.05) is 11.8 Å². The van der Waals surface area contributed by atoms with Gasteiger partial charge in [0, 0.05) is 25.5 Å². The number of nitriles is 1. The predicted octanol–water partition coefficient (Wildman–Crippen LogP) is 1.57. The van der Waals surface area contributed by atoms with Gasteiger partial charge in [-0.3, -0.25) is 4.79 Å². The fourth-order valence-corrected chi connectivity index (χ4v) is 2.30. The summed E-state index contributed by atoms with van der Waals surface area (Å²) in [6.45, 7) is 1.22. The Labute approximate surface area is 110 Å². The van der Waals surface area contributed by atoms with Gasteiger partial charge in [-0.2, -0.15) is 5.26 Å². The lowest BCUT2D eigenvalue weighted by Crippen LogP contribution is -2.39. The number of rotatable bonds is 2. The molecule has 0 aliphatic carbocycles. The number of likely N-dealkylation sites (tertiary alicyclic amines) is 1. The Hall–Kier alpha value is -1.61.